The van der Waals surface area contributed by atoms with Crippen LogP contribution in [0.5, 0.6) is 0 Å². The predicted molar refractivity (Wildman–Crippen MR) is 16.9 cm³/mol. The minimum absolute atomic E-state index is 0. The van der Waals surface area contributed by atoms with Gasteiger partial charge < -0.3 is 1.43 Å². The van der Waals surface area contributed by atoms with Crippen molar-refractivity contribution in [2.75, 3.05) is 0 Å². The van der Waals surface area contributed by atoms with Crippen molar-refractivity contribution < 1.29 is 66.0 Å². The summed E-state index contributed by atoms with van der Waals surface area (Å²) in [5.74, 6) is 0. The summed E-state index contributed by atoms with van der Waals surface area (Å²) in [5, 5.41) is 0. The van der Waals surface area contributed by atoms with E-state index in [0.29, 0.717) is 0 Å². The quantitative estimate of drug-likeness (QED) is 0.150. The van der Waals surface area contributed by atoms with Crippen LogP contribution in [-0.2, 0) is 31.1 Å². The summed E-state index contributed by atoms with van der Waals surface area (Å²) in [7, 11) is -4.80. The molecular formula is H4LiO5PTi. The number of hydrogen-bond donors (Lipinski definition) is 3. The molecule has 1 heterocycles. The summed E-state index contributed by atoms with van der Waals surface area (Å²) in [4.78, 5) is 23.7. The maximum absolute atomic E-state index is 7.89. The van der Waals surface area contributed by atoms with Gasteiger partial charge in [-0.05, 0) is 0 Å². The first-order valence-electron chi connectivity index (χ1n) is 1.13. The maximum atomic E-state index is 7.89. The average Bonchev–Trinajstić information content (AvgIpc) is 1.73. The normalized spacial score (nSPS) is 32.1. The van der Waals surface area contributed by atoms with Gasteiger partial charge in [0.1, 0.15) is 0 Å². The Hall–Kier alpha value is 1.54. The van der Waals surface area contributed by atoms with Crippen molar-refractivity contribution in [2.24, 2.45) is 0 Å². The van der Waals surface area contributed by atoms with Gasteiger partial charge in [0.2, 0.25) is 0 Å². The van der Waals surface area contributed by atoms with E-state index in [0.717, 1.165) is 0 Å². The molecule has 0 aliphatic carbocycles. The van der Waals surface area contributed by atoms with E-state index < -0.39 is 7.74 Å². The summed E-state index contributed by atoms with van der Waals surface area (Å²) in [6, 6.07) is 0. The van der Waals surface area contributed by atoms with Gasteiger partial charge >= 0.3 is 50.6 Å². The van der Waals surface area contributed by atoms with E-state index in [9.17, 15) is 0 Å². The molecule has 8 heavy (non-hydrogen) atoms. The SMILES string of the molecule is OP1(O)(O)OO1.[H-].[Li+].[Ti]. The summed E-state index contributed by atoms with van der Waals surface area (Å²) in [6.45, 7) is 0. The third-order valence-corrected chi connectivity index (χ3v) is 0.824. The molecule has 0 unspecified atom stereocenters. The summed E-state index contributed by atoms with van der Waals surface area (Å²) in [6.07, 6.45) is 0. The van der Waals surface area contributed by atoms with Gasteiger partial charge in [0.25, 0.3) is 0 Å². The van der Waals surface area contributed by atoms with Gasteiger partial charge in [-0.3, -0.25) is 0 Å². The Morgan fingerprint density at radius 3 is 1.25 bits per heavy atom. The number of hydrogen-bond acceptors (Lipinski definition) is 5. The van der Waals surface area contributed by atoms with E-state index in [1.165, 1.54) is 0 Å². The van der Waals surface area contributed by atoms with Gasteiger partial charge in [-0.1, -0.05) is 0 Å². The van der Waals surface area contributed by atoms with Gasteiger partial charge in [-0.25, -0.2) is 0 Å². The van der Waals surface area contributed by atoms with Crippen LogP contribution in [0.4, 0.5) is 0 Å². The van der Waals surface area contributed by atoms with Crippen molar-refractivity contribution >= 4 is 7.74 Å². The molecule has 5 nitrogen and oxygen atoms in total. The first-order chi connectivity index (χ1) is 2.47. The van der Waals surface area contributed by atoms with Crippen LogP contribution >= 0.6 is 7.74 Å². The molecule has 0 amide bonds. The molecule has 0 radical (unpaired) electrons. The van der Waals surface area contributed by atoms with E-state index >= 15 is 0 Å². The molecule has 1 fully saturated rings. The van der Waals surface area contributed by atoms with E-state index in [-0.39, 0.29) is 42.0 Å². The third-order valence-electron chi connectivity index (χ3n) is 0.275. The van der Waals surface area contributed by atoms with E-state index in [1.54, 1.807) is 0 Å². The molecule has 1 aliphatic heterocycles. The van der Waals surface area contributed by atoms with Gasteiger partial charge in [0, 0.05) is 21.7 Å². The smallest absolute Gasteiger partial charge is 1.00 e. The fourth-order valence-corrected chi connectivity index (χ4v) is 0.402. The monoisotopic (exact) mass is 170 g/mol. The molecule has 0 spiro atoms. The Morgan fingerprint density at radius 1 is 1.12 bits per heavy atom. The van der Waals surface area contributed by atoms with Crippen molar-refractivity contribution in [1.82, 2.24) is 0 Å². The molecule has 1 saturated heterocycles. The van der Waals surface area contributed by atoms with Crippen LogP contribution in [0.15, 0.2) is 0 Å². The van der Waals surface area contributed by atoms with E-state index in [2.05, 4.69) is 9.35 Å². The minimum atomic E-state index is -4.80. The molecule has 0 saturated carbocycles. The van der Waals surface area contributed by atoms with Crippen molar-refractivity contribution in [3.8, 4) is 0 Å². The first kappa shape index (κ1) is 12.2. The molecule has 0 aromatic carbocycles. The zero-order valence-electron chi connectivity index (χ0n) is 5.11. The van der Waals surface area contributed by atoms with Crippen molar-refractivity contribution in [2.45, 2.75) is 0 Å². The number of rotatable bonds is 0. The van der Waals surface area contributed by atoms with Crippen LogP contribution in [0.3, 0.4) is 0 Å². The van der Waals surface area contributed by atoms with Crippen molar-refractivity contribution in [1.29, 1.82) is 0 Å². The van der Waals surface area contributed by atoms with Crippen LogP contribution < -0.4 is 18.9 Å². The zero-order valence-corrected chi connectivity index (χ0v) is 6.56. The zero-order chi connectivity index (χ0) is 4.86. The Balaban J connectivity index is -0.000000120. The largest absolute Gasteiger partial charge is 1.00 e. The molecule has 0 aromatic rings. The van der Waals surface area contributed by atoms with Gasteiger partial charge in [0.15, 0.2) is 0 Å². The Bertz CT molecular complexity index is 80.7. The van der Waals surface area contributed by atoms with Crippen LogP contribution in [0.1, 0.15) is 1.43 Å². The third kappa shape index (κ3) is 4.42. The summed E-state index contributed by atoms with van der Waals surface area (Å²) < 4.78 is 6.76. The summed E-state index contributed by atoms with van der Waals surface area (Å²) in [5.41, 5.74) is 0. The molecule has 0 atom stereocenters. The Kier molecular flexibility index (Phi) is 4.05. The second kappa shape index (κ2) is 2.65. The average molecular weight is 170 g/mol. The molecular weight excluding hydrogens is 166 g/mol. The van der Waals surface area contributed by atoms with E-state index in [4.69, 9.17) is 14.7 Å². The molecule has 1 aliphatic rings. The van der Waals surface area contributed by atoms with Gasteiger partial charge in [-0.2, -0.15) is 0 Å². The predicted octanol–water partition coefficient (Wildman–Crippen LogP) is -3.83. The van der Waals surface area contributed by atoms with E-state index in [1.807, 2.05) is 0 Å². The summed E-state index contributed by atoms with van der Waals surface area (Å²) >= 11 is 0. The van der Waals surface area contributed by atoms with Crippen LogP contribution in [0, 0.1) is 0 Å². The fourth-order valence-electron chi connectivity index (χ4n) is 0.0447. The fraction of sp³-hybridized carbons (Fsp3) is 0. The topological polar surface area (TPSA) is 85.8 Å². The Labute approximate surface area is 73.8 Å². The first-order valence-corrected chi connectivity index (χ1v) is 3.06. The molecule has 3 N–H and O–H groups in total. The second-order valence-corrected chi connectivity index (χ2v) is 2.95. The molecule has 1 rings (SSSR count). The second-order valence-electron chi connectivity index (χ2n) is 0.982. The van der Waals surface area contributed by atoms with Crippen molar-refractivity contribution in [3.63, 3.8) is 0 Å². The molecule has 0 bridgehead atoms. The molecule has 0 aromatic heterocycles. The molecule has 8 heteroatoms. The minimum Gasteiger partial charge on any atom is -1.00 e. The van der Waals surface area contributed by atoms with Crippen LogP contribution in [0.2, 0.25) is 0 Å². The van der Waals surface area contributed by atoms with Gasteiger partial charge in [0.05, 0.1) is 0 Å². The maximum Gasteiger partial charge on any atom is 1.00 e. The Morgan fingerprint density at radius 2 is 1.25 bits per heavy atom. The van der Waals surface area contributed by atoms with Gasteiger partial charge in [-0.15, -0.1) is 0 Å². The van der Waals surface area contributed by atoms with Crippen molar-refractivity contribution in [3.05, 3.63) is 0 Å². The standard InChI is InChI=1S/Li.H3O5P.Ti.H/c;1-6(2,3)4-5-6;;/h;1-3H;;/q+1;;;-1. The van der Waals surface area contributed by atoms with Crippen LogP contribution in [-0.4, -0.2) is 14.7 Å². The molecule has 44 valence electrons. The van der Waals surface area contributed by atoms with Crippen LogP contribution in [0.25, 0.3) is 0 Å².